The molecule has 3 nitrogen and oxygen atoms in total. The molecule has 0 fully saturated rings. The molecule has 0 radical (unpaired) electrons. The number of nitrogens with one attached hydrogen (secondary N) is 1. The molecule has 0 atom stereocenters. The lowest BCUT2D eigenvalue weighted by Gasteiger charge is -2.00. The molecule has 1 aromatic heterocycles. The lowest BCUT2D eigenvalue weighted by molar-refractivity contribution is 1.07. The van der Waals surface area contributed by atoms with Crippen molar-refractivity contribution < 1.29 is 0 Å². The zero-order valence-corrected chi connectivity index (χ0v) is 5.83. The molecule has 3 heteroatoms. The van der Waals surface area contributed by atoms with Gasteiger partial charge in [0.25, 0.3) is 0 Å². The Morgan fingerprint density at radius 1 is 1.90 bits per heavy atom. The Morgan fingerprint density at radius 3 is 3.00 bits per heavy atom. The summed E-state index contributed by atoms with van der Waals surface area (Å²) in [6.07, 6.45) is 4.52. The second-order valence-electron chi connectivity index (χ2n) is 2.07. The molecule has 0 aliphatic carbocycles. The van der Waals surface area contributed by atoms with Crippen LogP contribution in [0.25, 0.3) is 5.70 Å². The van der Waals surface area contributed by atoms with E-state index in [1.165, 1.54) is 6.21 Å². The summed E-state index contributed by atoms with van der Waals surface area (Å²) < 4.78 is 1.76. The van der Waals surface area contributed by atoms with E-state index >= 15 is 0 Å². The molecular formula is C7H9N3. The van der Waals surface area contributed by atoms with Gasteiger partial charge in [0.05, 0.1) is 18.2 Å². The number of rotatable bonds is 2. The van der Waals surface area contributed by atoms with Gasteiger partial charge in [-0.15, -0.1) is 0 Å². The smallest absolute Gasteiger partial charge is 0.0994 e. The minimum absolute atomic E-state index is 0.757. The van der Waals surface area contributed by atoms with Gasteiger partial charge in [-0.1, -0.05) is 6.58 Å². The second-order valence-corrected chi connectivity index (χ2v) is 2.07. The van der Waals surface area contributed by atoms with E-state index in [1.807, 2.05) is 6.92 Å². The van der Waals surface area contributed by atoms with E-state index in [-0.39, 0.29) is 0 Å². The largest absolute Gasteiger partial charge is 0.307 e. The molecule has 52 valence electrons. The van der Waals surface area contributed by atoms with Gasteiger partial charge in [0.2, 0.25) is 0 Å². The molecule has 1 aromatic rings. The van der Waals surface area contributed by atoms with E-state index in [0.717, 1.165) is 11.4 Å². The topological polar surface area (TPSA) is 41.7 Å². The van der Waals surface area contributed by atoms with E-state index < -0.39 is 0 Å². The van der Waals surface area contributed by atoms with Gasteiger partial charge in [0, 0.05) is 11.9 Å². The first-order valence-electron chi connectivity index (χ1n) is 2.94. The van der Waals surface area contributed by atoms with Crippen molar-refractivity contribution in [3.05, 3.63) is 24.8 Å². The van der Waals surface area contributed by atoms with Crippen LogP contribution < -0.4 is 0 Å². The van der Waals surface area contributed by atoms with E-state index in [9.17, 15) is 0 Å². The van der Waals surface area contributed by atoms with Crippen molar-refractivity contribution in [1.29, 1.82) is 5.41 Å². The molecule has 0 bridgehead atoms. The van der Waals surface area contributed by atoms with Crippen molar-refractivity contribution in [2.24, 2.45) is 0 Å². The summed E-state index contributed by atoms with van der Waals surface area (Å²) in [4.78, 5) is 3.87. The summed E-state index contributed by atoms with van der Waals surface area (Å²) in [5.41, 5.74) is 1.63. The van der Waals surface area contributed by atoms with Gasteiger partial charge in [0.15, 0.2) is 0 Å². The molecule has 0 unspecified atom stereocenters. The third-order valence-corrected chi connectivity index (χ3v) is 1.23. The quantitative estimate of drug-likeness (QED) is 0.611. The zero-order valence-electron chi connectivity index (χ0n) is 5.83. The average molecular weight is 135 g/mol. The third-order valence-electron chi connectivity index (χ3n) is 1.23. The van der Waals surface area contributed by atoms with Crippen LogP contribution in [-0.2, 0) is 0 Å². The van der Waals surface area contributed by atoms with Crippen LogP contribution in [0.1, 0.15) is 12.6 Å². The maximum atomic E-state index is 6.97. The van der Waals surface area contributed by atoms with Gasteiger partial charge >= 0.3 is 0 Å². The summed E-state index contributed by atoms with van der Waals surface area (Å²) in [7, 11) is 0. The molecule has 0 spiro atoms. The van der Waals surface area contributed by atoms with Gasteiger partial charge < -0.3 is 9.98 Å². The van der Waals surface area contributed by atoms with Crippen LogP contribution in [0.5, 0.6) is 0 Å². The number of aromatic nitrogens is 2. The lowest BCUT2D eigenvalue weighted by atomic mass is 10.4. The first kappa shape index (κ1) is 6.74. The standard InChI is InChI=1S/C7H9N3/c1-6(2)10-5-9-4-7(10)3-8/h3-5,8H,1H2,2H3. The Kier molecular flexibility index (Phi) is 1.67. The minimum Gasteiger partial charge on any atom is -0.307 e. The summed E-state index contributed by atoms with van der Waals surface area (Å²) in [6, 6.07) is 0. The molecule has 0 aromatic carbocycles. The predicted molar refractivity (Wildman–Crippen MR) is 41.1 cm³/mol. The van der Waals surface area contributed by atoms with Crippen LogP contribution in [0.3, 0.4) is 0 Å². The van der Waals surface area contributed by atoms with Crippen molar-refractivity contribution in [2.75, 3.05) is 0 Å². The second kappa shape index (κ2) is 2.47. The molecule has 10 heavy (non-hydrogen) atoms. The molecular weight excluding hydrogens is 126 g/mol. The number of allylic oxidation sites excluding steroid dienone is 1. The molecule has 0 aliphatic heterocycles. The van der Waals surface area contributed by atoms with E-state index in [0.29, 0.717) is 0 Å². The maximum Gasteiger partial charge on any atom is 0.0994 e. The van der Waals surface area contributed by atoms with Crippen molar-refractivity contribution in [1.82, 2.24) is 9.55 Å². The SMILES string of the molecule is C=C(C)n1cncc1C=N. The Hall–Kier alpha value is -1.38. The first-order chi connectivity index (χ1) is 4.75. The van der Waals surface area contributed by atoms with Crippen LogP contribution in [0.15, 0.2) is 19.1 Å². The van der Waals surface area contributed by atoms with Crippen LogP contribution in [0.2, 0.25) is 0 Å². The van der Waals surface area contributed by atoms with Gasteiger partial charge in [-0.2, -0.15) is 0 Å². The normalized spacial score (nSPS) is 9.30. The highest BCUT2D eigenvalue weighted by atomic mass is 15.0. The molecule has 0 saturated heterocycles. The molecule has 1 rings (SSSR count). The number of imidazole rings is 1. The Balaban J connectivity index is 3.13. The molecule has 0 amide bonds. The van der Waals surface area contributed by atoms with E-state index in [1.54, 1.807) is 17.1 Å². The third kappa shape index (κ3) is 0.978. The summed E-state index contributed by atoms with van der Waals surface area (Å²) in [5.74, 6) is 0. The van der Waals surface area contributed by atoms with Crippen LogP contribution >= 0.6 is 0 Å². The van der Waals surface area contributed by atoms with Crippen molar-refractivity contribution >= 4 is 11.9 Å². The summed E-state index contributed by atoms with van der Waals surface area (Å²) in [5, 5.41) is 6.97. The van der Waals surface area contributed by atoms with E-state index in [2.05, 4.69) is 11.6 Å². The van der Waals surface area contributed by atoms with Gasteiger partial charge in [-0.05, 0) is 6.92 Å². The van der Waals surface area contributed by atoms with Crippen LogP contribution in [-0.4, -0.2) is 15.8 Å². The maximum absolute atomic E-state index is 6.97. The van der Waals surface area contributed by atoms with Crippen molar-refractivity contribution in [3.8, 4) is 0 Å². The van der Waals surface area contributed by atoms with Gasteiger partial charge in [0.1, 0.15) is 0 Å². The number of hydrogen-bond donors (Lipinski definition) is 1. The lowest BCUT2D eigenvalue weighted by Crippen LogP contribution is -1.94. The van der Waals surface area contributed by atoms with Gasteiger partial charge in [-0.3, -0.25) is 0 Å². The van der Waals surface area contributed by atoms with Crippen LogP contribution in [0, 0.1) is 5.41 Å². The number of nitrogens with zero attached hydrogens (tertiary/aromatic N) is 2. The highest BCUT2D eigenvalue weighted by Crippen LogP contribution is 2.02. The minimum atomic E-state index is 0.757. The molecule has 1 heterocycles. The Bertz CT molecular complexity index is 260. The average Bonchev–Trinajstić information content (AvgIpc) is 2.33. The predicted octanol–water partition coefficient (Wildman–Crippen LogP) is 1.37. The Morgan fingerprint density at radius 2 is 2.60 bits per heavy atom. The Labute approximate surface area is 59.5 Å². The van der Waals surface area contributed by atoms with Crippen molar-refractivity contribution in [3.63, 3.8) is 0 Å². The van der Waals surface area contributed by atoms with Crippen molar-refractivity contribution in [2.45, 2.75) is 6.92 Å². The molecule has 1 N–H and O–H groups in total. The summed E-state index contributed by atoms with van der Waals surface area (Å²) >= 11 is 0. The number of hydrogen-bond acceptors (Lipinski definition) is 2. The van der Waals surface area contributed by atoms with E-state index in [4.69, 9.17) is 5.41 Å². The monoisotopic (exact) mass is 135 g/mol. The highest BCUT2D eigenvalue weighted by Gasteiger charge is 1.96. The first-order valence-corrected chi connectivity index (χ1v) is 2.94. The fraction of sp³-hybridized carbons (Fsp3) is 0.143. The van der Waals surface area contributed by atoms with Crippen LogP contribution in [0.4, 0.5) is 0 Å². The fourth-order valence-corrected chi connectivity index (χ4v) is 0.731. The summed E-state index contributed by atoms with van der Waals surface area (Å²) in [6.45, 7) is 5.60. The highest BCUT2D eigenvalue weighted by molar-refractivity contribution is 5.76. The zero-order chi connectivity index (χ0) is 7.56. The fourth-order valence-electron chi connectivity index (χ4n) is 0.731. The molecule has 0 aliphatic rings. The van der Waals surface area contributed by atoms with Gasteiger partial charge in [-0.25, -0.2) is 4.98 Å². The molecule has 0 saturated carbocycles.